The van der Waals surface area contributed by atoms with E-state index in [4.69, 9.17) is 0 Å². The molecule has 1 amide bonds. The standard InChI is InChI=1S/C24H31F3N2O/c1-15-9-8-12-23(4,5)22(15)16(2)13-18-14-21(29(28-18)17(3)30)19-10-6-7-11-20(19)24(25,26)27/h6-7,9-11,16,21-22H,8,12-14H2,1-5H3. The van der Waals surface area contributed by atoms with Crippen molar-refractivity contribution in [1.29, 1.82) is 0 Å². The number of amides is 1. The molecule has 3 rings (SSSR count). The third-order valence-electron chi connectivity index (χ3n) is 6.64. The van der Waals surface area contributed by atoms with Crippen LogP contribution in [0.25, 0.3) is 0 Å². The van der Waals surface area contributed by atoms with Crippen LogP contribution in [0, 0.1) is 17.3 Å². The highest BCUT2D eigenvalue weighted by atomic mass is 19.4. The van der Waals surface area contributed by atoms with Crippen LogP contribution < -0.4 is 0 Å². The second kappa shape index (κ2) is 8.20. The van der Waals surface area contributed by atoms with Gasteiger partial charge in [0.15, 0.2) is 0 Å². The van der Waals surface area contributed by atoms with Crippen LogP contribution in [-0.4, -0.2) is 16.6 Å². The minimum atomic E-state index is -4.47. The lowest BCUT2D eigenvalue weighted by atomic mass is 9.63. The van der Waals surface area contributed by atoms with Crippen LogP contribution in [0.2, 0.25) is 0 Å². The number of benzene rings is 1. The highest BCUT2D eigenvalue weighted by Crippen LogP contribution is 2.47. The molecule has 1 heterocycles. The SMILES string of the molecule is CC(=O)N1N=C(CC(C)C2C(C)=CCCC2(C)C)CC1c1ccccc1C(F)(F)F. The fourth-order valence-corrected chi connectivity index (χ4v) is 5.55. The van der Waals surface area contributed by atoms with Gasteiger partial charge < -0.3 is 0 Å². The van der Waals surface area contributed by atoms with Gasteiger partial charge in [-0.3, -0.25) is 4.79 Å². The lowest BCUT2D eigenvalue weighted by Crippen LogP contribution is -2.33. The van der Waals surface area contributed by atoms with Crippen LogP contribution in [0.15, 0.2) is 41.0 Å². The summed E-state index contributed by atoms with van der Waals surface area (Å²) < 4.78 is 40.7. The molecule has 0 saturated heterocycles. The second-order valence-electron chi connectivity index (χ2n) is 9.47. The van der Waals surface area contributed by atoms with Gasteiger partial charge in [0.25, 0.3) is 0 Å². The van der Waals surface area contributed by atoms with Crippen molar-refractivity contribution in [3.63, 3.8) is 0 Å². The molecule has 3 nitrogen and oxygen atoms in total. The smallest absolute Gasteiger partial charge is 0.273 e. The predicted molar refractivity (Wildman–Crippen MR) is 113 cm³/mol. The Morgan fingerprint density at radius 3 is 2.57 bits per heavy atom. The molecule has 30 heavy (non-hydrogen) atoms. The zero-order valence-electron chi connectivity index (χ0n) is 18.4. The summed E-state index contributed by atoms with van der Waals surface area (Å²) in [4.78, 5) is 12.2. The van der Waals surface area contributed by atoms with Crippen molar-refractivity contribution in [2.24, 2.45) is 22.4 Å². The van der Waals surface area contributed by atoms with Crippen molar-refractivity contribution < 1.29 is 18.0 Å². The van der Waals surface area contributed by atoms with Crippen LogP contribution in [0.3, 0.4) is 0 Å². The molecule has 0 radical (unpaired) electrons. The number of halogens is 3. The molecule has 0 saturated carbocycles. The molecular formula is C24H31F3N2O. The first-order chi connectivity index (χ1) is 13.9. The number of carbonyl (C=O) groups is 1. The summed E-state index contributed by atoms with van der Waals surface area (Å²) in [5.74, 6) is 0.343. The summed E-state index contributed by atoms with van der Waals surface area (Å²) in [5, 5.41) is 5.73. The van der Waals surface area contributed by atoms with E-state index in [1.165, 1.54) is 29.6 Å². The van der Waals surface area contributed by atoms with Crippen LogP contribution in [0.4, 0.5) is 13.2 Å². The lowest BCUT2D eigenvalue weighted by Gasteiger charge is -2.42. The van der Waals surface area contributed by atoms with Crippen molar-refractivity contribution in [2.45, 2.75) is 72.5 Å². The van der Waals surface area contributed by atoms with E-state index in [2.05, 4.69) is 38.9 Å². The lowest BCUT2D eigenvalue weighted by molar-refractivity contribution is -0.140. The summed E-state index contributed by atoms with van der Waals surface area (Å²) >= 11 is 0. The molecule has 0 aromatic heterocycles. The maximum absolute atomic E-state index is 13.6. The van der Waals surface area contributed by atoms with Crippen molar-refractivity contribution in [3.8, 4) is 0 Å². The van der Waals surface area contributed by atoms with E-state index in [0.29, 0.717) is 24.7 Å². The quantitative estimate of drug-likeness (QED) is 0.495. The summed E-state index contributed by atoms with van der Waals surface area (Å²) in [5.41, 5.74) is 1.76. The maximum atomic E-state index is 13.6. The average Bonchev–Trinajstić information content (AvgIpc) is 3.04. The molecule has 0 fully saturated rings. The average molecular weight is 421 g/mol. The van der Waals surface area contributed by atoms with Crippen molar-refractivity contribution in [1.82, 2.24) is 5.01 Å². The fraction of sp³-hybridized carbons (Fsp3) is 0.583. The second-order valence-corrected chi connectivity index (χ2v) is 9.47. The Morgan fingerprint density at radius 2 is 1.97 bits per heavy atom. The molecule has 2 aliphatic rings. The molecule has 1 aliphatic heterocycles. The van der Waals surface area contributed by atoms with Gasteiger partial charge in [0.05, 0.1) is 11.6 Å². The Balaban J connectivity index is 1.86. The van der Waals surface area contributed by atoms with Gasteiger partial charge in [-0.05, 0) is 55.1 Å². The number of hydrogen-bond acceptors (Lipinski definition) is 2. The normalized spacial score (nSPS) is 25.0. The van der Waals surface area contributed by atoms with E-state index in [0.717, 1.165) is 24.6 Å². The van der Waals surface area contributed by atoms with Gasteiger partial charge in [-0.1, -0.05) is 50.6 Å². The van der Waals surface area contributed by atoms with Gasteiger partial charge in [-0.15, -0.1) is 0 Å². The Labute approximate surface area is 177 Å². The zero-order chi connectivity index (χ0) is 22.3. The molecule has 6 heteroatoms. The molecule has 0 spiro atoms. The number of carbonyl (C=O) groups excluding carboxylic acids is 1. The highest BCUT2D eigenvalue weighted by molar-refractivity contribution is 5.90. The number of rotatable bonds is 4. The Hall–Kier alpha value is -2.11. The van der Waals surface area contributed by atoms with E-state index in [1.54, 1.807) is 6.07 Å². The molecule has 0 N–H and O–H groups in total. The largest absolute Gasteiger partial charge is 0.416 e. The fourth-order valence-electron chi connectivity index (χ4n) is 5.55. The van der Waals surface area contributed by atoms with Crippen molar-refractivity contribution in [3.05, 3.63) is 47.0 Å². The molecule has 0 bridgehead atoms. The Kier molecular flexibility index (Phi) is 6.17. The Morgan fingerprint density at radius 1 is 1.30 bits per heavy atom. The highest BCUT2D eigenvalue weighted by Gasteiger charge is 2.41. The topological polar surface area (TPSA) is 32.7 Å². The molecule has 1 aliphatic carbocycles. The van der Waals surface area contributed by atoms with Crippen molar-refractivity contribution in [2.75, 3.05) is 0 Å². The van der Waals surface area contributed by atoms with Crippen LogP contribution in [0.5, 0.6) is 0 Å². The maximum Gasteiger partial charge on any atom is 0.416 e. The van der Waals surface area contributed by atoms with Crippen LogP contribution in [0.1, 0.15) is 77.5 Å². The van der Waals surface area contributed by atoms with E-state index in [1.807, 2.05) is 0 Å². The number of alkyl halides is 3. The minimum Gasteiger partial charge on any atom is -0.273 e. The summed E-state index contributed by atoms with van der Waals surface area (Å²) in [7, 11) is 0. The van der Waals surface area contributed by atoms with Crippen molar-refractivity contribution >= 4 is 11.6 Å². The number of hydrogen-bond donors (Lipinski definition) is 0. The minimum absolute atomic E-state index is 0.112. The van der Waals surface area contributed by atoms with E-state index in [-0.39, 0.29) is 16.9 Å². The van der Waals surface area contributed by atoms with Gasteiger partial charge in [0.1, 0.15) is 0 Å². The van der Waals surface area contributed by atoms with Gasteiger partial charge in [-0.25, -0.2) is 5.01 Å². The number of nitrogens with zero attached hydrogens (tertiary/aromatic N) is 2. The van der Waals surface area contributed by atoms with E-state index >= 15 is 0 Å². The summed E-state index contributed by atoms with van der Waals surface area (Å²) in [6.07, 6.45) is 1.04. The molecule has 3 atom stereocenters. The van der Waals surface area contributed by atoms with Gasteiger partial charge in [0.2, 0.25) is 5.91 Å². The van der Waals surface area contributed by atoms with Gasteiger partial charge in [0, 0.05) is 19.1 Å². The number of allylic oxidation sites excluding steroid dienone is 2. The third kappa shape index (κ3) is 4.47. The first-order valence-electron chi connectivity index (χ1n) is 10.6. The molecule has 1 aromatic carbocycles. The van der Waals surface area contributed by atoms with Gasteiger partial charge >= 0.3 is 6.18 Å². The predicted octanol–water partition coefficient (Wildman–Crippen LogP) is 6.76. The van der Waals surface area contributed by atoms with Crippen LogP contribution in [-0.2, 0) is 11.0 Å². The molecule has 3 unspecified atom stereocenters. The number of hydrazone groups is 1. The Bertz CT molecular complexity index is 869. The van der Waals surface area contributed by atoms with E-state index < -0.39 is 17.8 Å². The van der Waals surface area contributed by atoms with E-state index in [9.17, 15) is 18.0 Å². The monoisotopic (exact) mass is 420 g/mol. The molecule has 164 valence electrons. The summed E-state index contributed by atoms with van der Waals surface area (Å²) in [6.45, 7) is 10.3. The third-order valence-corrected chi connectivity index (χ3v) is 6.64. The van der Waals surface area contributed by atoms with Gasteiger partial charge in [-0.2, -0.15) is 18.3 Å². The molecular weight excluding hydrogens is 389 g/mol. The molecule has 1 aromatic rings. The zero-order valence-corrected chi connectivity index (χ0v) is 18.4. The summed E-state index contributed by atoms with van der Waals surface area (Å²) in [6, 6.07) is 4.79. The first kappa shape index (κ1) is 22.6. The first-order valence-corrected chi connectivity index (χ1v) is 10.6. The van der Waals surface area contributed by atoms with Crippen LogP contribution >= 0.6 is 0 Å².